The third-order valence-electron chi connectivity index (χ3n) is 4.06. The molecule has 0 atom stereocenters. The van der Waals surface area contributed by atoms with Crippen LogP contribution in [0.15, 0.2) is 42.6 Å². The molecule has 3 aromatic rings. The molecule has 1 amide bonds. The number of pyridine rings is 1. The number of carbonyl (C=O) groups excluding carboxylic acids is 1. The lowest BCUT2D eigenvalue weighted by molar-refractivity contribution is 0.102. The van der Waals surface area contributed by atoms with Crippen LogP contribution in [0.1, 0.15) is 21.6 Å². The van der Waals surface area contributed by atoms with Crippen molar-refractivity contribution in [2.45, 2.75) is 20.4 Å². The maximum Gasteiger partial charge on any atom is 0.256 e. The van der Waals surface area contributed by atoms with Gasteiger partial charge in [-0.1, -0.05) is 24.1 Å². The van der Waals surface area contributed by atoms with Crippen molar-refractivity contribution < 1.29 is 4.79 Å². The molecule has 24 heavy (non-hydrogen) atoms. The topological polar surface area (TPSA) is 46.9 Å². The molecule has 0 radical (unpaired) electrons. The molecule has 0 fully saturated rings. The van der Waals surface area contributed by atoms with Crippen molar-refractivity contribution in [3.63, 3.8) is 0 Å². The van der Waals surface area contributed by atoms with Crippen LogP contribution in [0.25, 0.3) is 10.9 Å². The van der Waals surface area contributed by atoms with Gasteiger partial charge < -0.3 is 9.88 Å². The Bertz CT molecular complexity index is 923. The van der Waals surface area contributed by atoms with E-state index in [1.807, 2.05) is 42.7 Å². The Morgan fingerprint density at radius 3 is 2.62 bits per heavy atom. The number of anilines is 1. The Hall–Kier alpha value is -2.77. The largest absolute Gasteiger partial charge is 0.330 e. The minimum atomic E-state index is -0.186. The van der Waals surface area contributed by atoms with E-state index in [0.717, 1.165) is 22.2 Å². The van der Waals surface area contributed by atoms with Crippen LogP contribution in [0.5, 0.6) is 0 Å². The first-order valence-corrected chi connectivity index (χ1v) is 7.37. The number of aryl methyl sites for hydroxylation is 1. The number of hydrogen-bond acceptors (Lipinski definition) is 2. The second-order valence-corrected chi connectivity index (χ2v) is 5.38. The van der Waals surface area contributed by atoms with Crippen LogP contribution in [0.2, 0.25) is 0 Å². The molecule has 122 valence electrons. The normalized spacial score (nSPS) is 10.0. The molecule has 0 unspecified atom stereocenters. The first-order chi connectivity index (χ1) is 11.1. The monoisotopic (exact) mass is 339 g/mol. The van der Waals surface area contributed by atoms with E-state index < -0.39 is 0 Å². The van der Waals surface area contributed by atoms with Gasteiger partial charge in [0, 0.05) is 22.8 Å². The Morgan fingerprint density at radius 2 is 1.96 bits per heavy atom. The van der Waals surface area contributed by atoms with Gasteiger partial charge in [-0.15, -0.1) is 18.8 Å². The third-order valence-corrected chi connectivity index (χ3v) is 4.06. The molecule has 0 saturated carbocycles. The predicted octanol–water partition coefficient (Wildman–Crippen LogP) is 3.96. The van der Waals surface area contributed by atoms with Crippen molar-refractivity contribution in [3.8, 4) is 12.3 Å². The van der Waals surface area contributed by atoms with Gasteiger partial charge in [-0.2, -0.15) is 0 Å². The highest BCUT2D eigenvalue weighted by molar-refractivity contribution is 6.08. The summed E-state index contributed by atoms with van der Waals surface area (Å²) in [4.78, 5) is 16.8. The van der Waals surface area contributed by atoms with Gasteiger partial charge >= 0.3 is 0 Å². The van der Waals surface area contributed by atoms with Crippen molar-refractivity contribution in [1.29, 1.82) is 0 Å². The number of halogens is 1. The Balaban J connectivity index is 0.00000208. The standard InChI is InChI=1S/C19H17N3O.ClH/c1-4-12-22-14(3)13(2)16-10-11-20-18(17(16)22)21-19(23)15-8-6-5-7-9-15;/h1,5-11H,12H2,2-3H3,(H,20,21,23);1H. The van der Waals surface area contributed by atoms with E-state index in [9.17, 15) is 4.79 Å². The molecule has 1 aromatic carbocycles. The highest BCUT2D eigenvalue weighted by atomic mass is 35.5. The average Bonchev–Trinajstić information content (AvgIpc) is 2.82. The number of nitrogens with zero attached hydrogens (tertiary/aromatic N) is 2. The fraction of sp³-hybridized carbons (Fsp3) is 0.158. The van der Waals surface area contributed by atoms with Crippen LogP contribution < -0.4 is 5.32 Å². The molecule has 0 bridgehead atoms. The summed E-state index contributed by atoms with van der Waals surface area (Å²) >= 11 is 0. The predicted molar refractivity (Wildman–Crippen MR) is 99.7 cm³/mol. The van der Waals surface area contributed by atoms with E-state index in [0.29, 0.717) is 17.9 Å². The minimum Gasteiger partial charge on any atom is -0.330 e. The molecular weight excluding hydrogens is 322 g/mol. The molecule has 2 aromatic heterocycles. The van der Waals surface area contributed by atoms with E-state index in [1.165, 1.54) is 0 Å². The molecule has 0 aliphatic carbocycles. The van der Waals surface area contributed by atoms with Gasteiger partial charge in [0.15, 0.2) is 5.82 Å². The third kappa shape index (κ3) is 2.99. The van der Waals surface area contributed by atoms with Crippen LogP contribution in [-0.2, 0) is 6.54 Å². The number of fused-ring (bicyclic) bond motifs is 1. The smallest absolute Gasteiger partial charge is 0.256 e. The zero-order valence-electron chi connectivity index (χ0n) is 13.5. The maximum atomic E-state index is 12.4. The summed E-state index contributed by atoms with van der Waals surface area (Å²) in [7, 11) is 0. The van der Waals surface area contributed by atoms with Crippen LogP contribution >= 0.6 is 12.4 Å². The Labute approximate surface area is 147 Å². The molecule has 0 spiro atoms. The van der Waals surface area contributed by atoms with E-state index >= 15 is 0 Å². The molecule has 4 nitrogen and oxygen atoms in total. The highest BCUT2D eigenvalue weighted by Gasteiger charge is 2.16. The average molecular weight is 340 g/mol. The molecule has 0 aliphatic rings. The van der Waals surface area contributed by atoms with Gasteiger partial charge in [0.2, 0.25) is 0 Å². The molecule has 0 aliphatic heterocycles. The van der Waals surface area contributed by atoms with Crippen molar-refractivity contribution >= 4 is 35.0 Å². The van der Waals surface area contributed by atoms with Crippen molar-refractivity contribution in [2.75, 3.05) is 5.32 Å². The summed E-state index contributed by atoms with van der Waals surface area (Å²) in [5, 5.41) is 3.95. The van der Waals surface area contributed by atoms with E-state index in [4.69, 9.17) is 6.42 Å². The number of carbonyl (C=O) groups is 1. The van der Waals surface area contributed by atoms with Crippen molar-refractivity contribution in [3.05, 3.63) is 59.4 Å². The number of amides is 1. The molecule has 5 heteroatoms. The molecular formula is C19H18ClN3O. The lowest BCUT2D eigenvalue weighted by Crippen LogP contribution is -2.14. The quantitative estimate of drug-likeness (QED) is 0.734. The SMILES string of the molecule is C#CCn1c(C)c(C)c2ccnc(NC(=O)c3ccccc3)c21.Cl. The number of rotatable bonds is 3. The van der Waals surface area contributed by atoms with Gasteiger partial charge in [-0.25, -0.2) is 4.98 Å². The minimum absolute atomic E-state index is 0. The number of hydrogen-bond donors (Lipinski definition) is 1. The van der Waals surface area contributed by atoms with E-state index in [-0.39, 0.29) is 18.3 Å². The van der Waals surface area contributed by atoms with Gasteiger partial charge in [-0.3, -0.25) is 4.79 Å². The maximum absolute atomic E-state index is 12.4. The second-order valence-electron chi connectivity index (χ2n) is 5.38. The highest BCUT2D eigenvalue weighted by Crippen LogP contribution is 2.29. The molecule has 0 saturated heterocycles. The summed E-state index contributed by atoms with van der Waals surface area (Å²) in [5.41, 5.74) is 3.69. The van der Waals surface area contributed by atoms with Crippen molar-refractivity contribution in [2.24, 2.45) is 0 Å². The van der Waals surface area contributed by atoms with Gasteiger partial charge in [0.1, 0.15) is 0 Å². The lowest BCUT2D eigenvalue weighted by Gasteiger charge is -2.09. The number of terminal acetylenes is 1. The zero-order valence-corrected chi connectivity index (χ0v) is 14.4. The summed E-state index contributed by atoms with van der Waals surface area (Å²) in [5.74, 6) is 3.01. The Kier molecular flexibility index (Phi) is 5.28. The lowest BCUT2D eigenvalue weighted by atomic mass is 10.2. The summed E-state index contributed by atoms with van der Waals surface area (Å²) in [6.45, 7) is 4.51. The number of benzene rings is 1. The molecule has 2 heterocycles. The summed E-state index contributed by atoms with van der Waals surface area (Å²) in [6.07, 6.45) is 7.20. The molecule has 3 rings (SSSR count). The van der Waals surface area contributed by atoms with Gasteiger partial charge in [0.05, 0.1) is 12.1 Å². The first kappa shape index (κ1) is 17.6. The fourth-order valence-electron chi connectivity index (χ4n) is 2.74. The zero-order chi connectivity index (χ0) is 16.4. The van der Waals surface area contributed by atoms with Crippen LogP contribution in [-0.4, -0.2) is 15.5 Å². The van der Waals surface area contributed by atoms with Crippen LogP contribution in [0, 0.1) is 26.2 Å². The number of nitrogens with one attached hydrogen (secondary N) is 1. The fourth-order valence-corrected chi connectivity index (χ4v) is 2.74. The summed E-state index contributed by atoms with van der Waals surface area (Å²) < 4.78 is 2.01. The van der Waals surface area contributed by atoms with Gasteiger partial charge in [-0.05, 0) is 37.6 Å². The van der Waals surface area contributed by atoms with E-state index in [1.54, 1.807) is 18.3 Å². The van der Waals surface area contributed by atoms with Crippen molar-refractivity contribution in [1.82, 2.24) is 9.55 Å². The van der Waals surface area contributed by atoms with Gasteiger partial charge in [0.25, 0.3) is 5.91 Å². The number of aromatic nitrogens is 2. The van der Waals surface area contributed by atoms with Crippen LogP contribution in [0.4, 0.5) is 5.82 Å². The molecule has 1 N–H and O–H groups in total. The van der Waals surface area contributed by atoms with E-state index in [2.05, 4.69) is 16.2 Å². The second kappa shape index (κ2) is 7.20. The first-order valence-electron chi connectivity index (χ1n) is 7.37. The Morgan fingerprint density at radius 1 is 1.25 bits per heavy atom. The summed E-state index contributed by atoms with van der Waals surface area (Å²) in [6, 6.07) is 11.0. The van der Waals surface area contributed by atoms with Crippen LogP contribution in [0.3, 0.4) is 0 Å².